The molecule has 1 aromatic rings. The number of aromatic carboxylic acids is 1. The maximum atomic E-state index is 14.1. The van der Waals surface area contributed by atoms with Crippen LogP contribution in [0.5, 0.6) is 0 Å². The number of hydrogen-bond donors (Lipinski definition) is 2. The van der Waals surface area contributed by atoms with Crippen LogP contribution in [0, 0.1) is 11.7 Å². The molecule has 25 heavy (non-hydrogen) atoms. The second kappa shape index (κ2) is 7.67. The zero-order valence-electron chi connectivity index (χ0n) is 13.5. The van der Waals surface area contributed by atoms with Gasteiger partial charge in [0.05, 0.1) is 10.6 Å². The van der Waals surface area contributed by atoms with Crippen LogP contribution in [0.1, 0.15) is 30.1 Å². The lowest BCUT2D eigenvalue weighted by atomic mass is 9.98. The van der Waals surface area contributed by atoms with E-state index in [1.54, 1.807) is 0 Å². The number of carboxylic acid groups (broad SMARTS) is 1. The Morgan fingerprint density at radius 1 is 1.36 bits per heavy atom. The van der Waals surface area contributed by atoms with Crippen LogP contribution in [-0.4, -0.2) is 49.3 Å². The van der Waals surface area contributed by atoms with E-state index in [1.807, 2.05) is 0 Å². The van der Waals surface area contributed by atoms with E-state index in [2.05, 4.69) is 5.32 Å². The Morgan fingerprint density at radius 3 is 2.48 bits per heavy atom. The van der Waals surface area contributed by atoms with Crippen LogP contribution in [0.25, 0.3) is 0 Å². The summed E-state index contributed by atoms with van der Waals surface area (Å²) in [6.45, 7) is 2.19. The fraction of sp³-hybridized carbons (Fsp3) is 0.467. The van der Waals surface area contributed by atoms with Crippen LogP contribution >= 0.6 is 11.6 Å². The lowest BCUT2D eigenvalue weighted by molar-refractivity contribution is -0.119. The van der Waals surface area contributed by atoms with Gasteiger partial charge in [-0.05, 0) is 30.9 Å². The van der Waals surface area contributed by atoms with Gasteiger partial charge in [0, 0.05) is 26.6 Å². The van der Waals surface area contributed by atoms with Gasteiger partial charge in [-0.2, -0.15) is 4.31 Å². The number of benzene rings is 1. The normalized spacial score (nSPS) is 16.6. The van der Waals surface area contributed by atoms with Gasteiger partial charge in [-0.1, -0.05) is 11.6 Å². The Morgan fingerprint density at radius 2 is 1.96 bits per heavy atom. The first-order chi connectivity index (χ1) is 11.6. The van der Waals surface area contributed by atoms with E-state index in [0.29, 0.717) is 25.5 Å². The van der Waals surface area contributed by atoms with Gasteiger partial charge in [-0.15, -0.1) is 0 Å². The minimum atomic E-state index is -4.17. The van der Waals surface area contributed by atoms with E-state index in [-0.39, 0.29) is 29.9 Å². The minimum absolute atomic E-state index is 0.139. The molecule has 0 saturated carbocycles. The lowest BCUT2D eigenvalue weighted by Gasteiger charge is -2.31. The lowest BCUT2D eigenvalue weighted by Crippen LogP contribution is -2.41. The third-order valence-corrected chi connectivity index (χ3v) is 6.31. The highest BCUT2D eigenvalue weighted by Gasteiger charge is 2.32. The maximum absolute atomic E-state index is 14.1. The van der Waals surface area contributed by atoms with Crippen LogP contribution in [0.3, 0.4) is 0 Å². The minimum Gasteiger partial charge on any atom is -0.478 e. The number of rotatable bonds is 5. The van der Waals surface area contributed by atoms with E-state index in [4.69, 9.17) is 16.7 Å². The molecule has 2 rings (SSSR count). The Hall–Kier alpha value is -1.71. The second-order valence-corrected chi connectivity index (χ2v) is 8.17. The Kier molecular flexibility index (Phi) is 6.02. The zero-order valence-corrected chi connectivity index (χ0v) is 15.0. The molecule has 7 nitrogen and oxygen atoms in total. The predicted molar refractivity (Wildman–Crippen MR) is 88.5 cm³/mol. The van der Waals surface area contributed by atoms with Gasteiger partial charge in [0.15, 0.2) is 0 Å². The molecule has 0 atom stereocenters. The van der Waals surface area contributed by atoms with Crippen molar-refractivity contribution in [3.05, 3.63) is 28.5 Å². The first-order valence-corrected chi connectivity index (χ1v) is 9.41. The summed E-state index contributed by atoms with van der Waals surface area (Å²) < 4.78 is 40.5. The van der Waals surface area contributed by atoms with Gasteiger partial charge >= 0.3 is 5.97 Å². The molecule has 1 aliphatic rings. The zero-order chi connectivity index (χ0) is 18.8. The molecule has 0 radical (unpaired) electrons. The monoisotopic (exact) mass is 392 g/mol. The molecule has 1 saturated heterocycles. The molecule has 2 N–H and O–H groups in total. The van der Waals surface area contributed by atoms with Gasteiger partial charge in [0.1, 0.15) is 10.7 Å². The van der Waals surface area contributed by atoms with Crippen LogP contribution < -0.4 is 5.32 Å². The molecule has 10 heteroatoms. The van der Waals surface area contributed by atoms with E-state index < -0.39 is 32.3 Å². The predicted octanol–water partition coefficient (Wildman–Crippen LogP) is 1.71. The first-order valence-electron chi connectivity index (χ1n) is 7.60. The van der Waals surface area contributed by atoms with Crippen molar-refractivity contribution >= 4 is 33.5 Å². The summed E-state index contributed by atoms with van der Waals surface area (Å²) in [5.74, 6) is -2.54. The third-order valence-electron chi connectivity index (χ3n) is 4.08. The van der Waals surface area contributed by atoms with Gasteiger partial charge in [0.25, 0.3) is 0 Å². The molecule has 0 spiro atoms. The van der Waals surface area contributed by atoms with Gasteiger partial charge in [0.2, 0.25) is 15.9 Å². The highest BCUT2D eigenvalue weighted by Crippen LogP contribution is 2.29. The summed E-state index contributed by atoms with van der Waals surface area (Å²) in [5, 5.41) is 11.4. The summed E-state index contributed by atoms with van der Waals surface area (Å²) in [6, 6.07) is 1.44. The van der Waals surface area contributed by atoms with Crippen molar-refractivity contribution in [2.45, 2.75) is 24.7 Å². The van der Waals surface area contributed by atoms with E-state index in [9.17, 15) is 22.4 Å². The number of halogens is 2. The SMILES string of the molecule is CC(=O)NCC1CCN(S(=O)(=O)c2cc(C(=O)O)c(Cl)cc2F)CC1. The van der Waals surface area contributed by atoms with Crippen molar-refractivity contribution in [3.8, 4) is 0 Å². The quantitative estimate of drug-likeness (QED) is 0.793. The summed E-state index contributed by atoms with van der Waals surface area (Å²) in [4.78, 5) is 21.3. The molecule has 0 aromatic heterocycles. The van der Waals surface area contributed by atoms with Crippen LogP contribution in [0.15, 0.2) is 17.0 Å². The maximum Gasteiger partial charge on any atom is 0.337 e. The number of piperidine rings is 1. The van der Waals surface area contributed by atoms with Gasteiger partial charge < -0.3 is 10.4 Å². The fourth-order valence-corrected chi connectivity index (χ4v) is 4.44. The number of nitrogens with one attached hydrogen (secondary N) is 1. The molecule has 1 heterocycles. The van der Waals surface area contributed by atoms with Crippen molar-refractivity contribution in [2.75, 3.05) is 19.6 Å². The number of hydrogen-bond acceptors (Lipinski definition) is 4. The topological polar surface area (TPSA) is 104 Å². The van der Waals surface area contributed by atoms with Crippen molar-refractivity contribution in [1.82, 2.24) is 9.62 Å². The molecule has 0 unspecified atom stereocenters. The average molecular weight is 393 g/mol. The van der Waals surface area contributed by atoms with Crippen LogP contribution in [-0.2, 0) is 14.8 Å². The molecule has 0 aliphatic carbocycles. The molecular weight excluding hydrogens is 375 g/mol. The van der Waals surface area contributed by atoms with Gasteiger partial charge in [-0.3, -0.25) is 4.79 Å². The van der Waals surface area contributed by atoms with Crippen molar-refractivity contribution in [2.24, 2.45) is 5.92 Å². The van der Waals surface area contributed by atoms with Crippen LogP contribution in [0.4, 0.5) is 4.39 Å². The standard InChI is InChI=1S/C15H18ClFN2O5S/c1-9(20)18-8-10-2-4-19(5-3-10)25(23,24)14-6-11(15(21)22)12(16)7-13(14)17/h6-7,10H,2-5,8H2,1H3,(H,18,20)(H,21,22). The first kappa shape index (κ1) is 19.6. The number of amides is 1. The number of sulfonamides is 1. The van der Waals surface area contributed by atoms with Crippen molar-refractivity contribution in [1.29, 1.82) is 0 Å². The summed E-state index contributed by atoms with van der Waals surface area (Å²) in [5.41, 5.74) is -0.470. The summed E-state index contributed by atoms with van der Waals surface area (Å²) in [7, 11) is -4.17. The molecule has 1 aliphatic heterocycles. The summed E-state index contributed by atoms with van der Waals surface area (Å²) in [6.07, 6.45) is 1.03. The van der Waals surface area contributed by atoms with E-state index >= 15 is 0 Å². The molecule has 1 aromatic carbocycles. The van der Waals surface area contributed by atoms with E-state index in [0.717, 1.165) is 10.4 Å². The smallest absolute Gasteiger partial charge is 0.337 e. The molecule has 0 bridgehead atoms. The van der Waals surface area contributed by atoms with Crippen molar-refractivity contribution in [3.63, 3.8) is 0 Å². The molecule has 1 fully saturated rings. The number of carboxylic acids is 1. The molecule has 1 amide bonds. The Balaban J connectivity index is 2.19. The Bertz CT molecular complexity index is 791. The average Bonchev–Trinajstić information content (AvgIpc) is 2.52. The molecule has 138 valence electrons. The second-order valence-electron chi connectivity index (χ2n) is 5.85. The van der Waals surface area contributed by atoms with E-state index in [1.165, 1.54) is 6.92 Å². The third kappa shape index (κ3) is 4.47. The highest BCUT2D eigenvalue weighted by atomic mass is 35.5. The largest absolute Gasteiger partial charge is 0.478 e. The fourth-order valence-electron chi connectivity index (χ4n) is 2.67. The number of nitrogens with zero attached hydrogens (tertiary/aromatic N) is 1. The number of carbonyl (C=O) groups excluding carboxylic acids is 1. The summed E-state index contributed by atoms with van der Waals surface area (Å²) >= 11 is 5.65. The van der Waals surface area contributed by atoms with Crippen LogP contribution in [0.2, 0.25) is 5.02 Å². The molecular formula is C15H18ClFN2O5S. The Labute approximate surface area is 149 Å². The van der Waals surface area contributed by atoms with Crippen molar-refractivity contribution < 1.29 is 27.5 Å². The van der Waals surface area contributed by atoms with Gasteiger partial charge in [-0.25, -0.2) is 17.6 Å². The number of carbonyl (C=O) groups is 2. The highest BCUT2D eigenvalue weighted by molar-refractivity contribution is 7.89.